The Balaban J connectivity index is 1.93. The zero-order chi connectivity index (χ0) is 17.7. The number of carbonyl (C=O) groups is 1. The zero-order valence-corrected chi connectivity index (χ0v) is 14.7. The summed E-state index contributed by atoms with van der Waals surface area (Å²) in [5.41, 5.74) is -1.56. The average molecular weight is 357 g/mol. The Bertz CT molecular complexity index is 636. The van der Waals surface area contributed by atoms with Gasteiger partial charge in [-0.2, -0.15) is 0 Å². The van der Waals surface area contributed by atoms with E-state index in [0.717, 1.165) is 0 Å². The smallest absolute Gasteiger partial charge is 0.408 e. The first-order valence-corrected chi connectivity index (χ1v) is 8.45. The number of alkyl halides is 1. The highest BCUT2D eigenvalue weighted by atomic mass is 35.5. The van der Waals surface area contributed by atoms with Gasteiger partial charge in [0.05, 0.1) is 24.0 Å². The Kier molecular flexibility index (Phi) is 4.10. The van der Waals surface area contributed by atoms with Gasteiger partial charge in [0.15, 0.2) is 0 Å². The molecule has 0 unspecified atom stereocenters. The molecule has 1 aromatic heterocycles. The number of aromatic nitrogens is 2. The number of fused-ring (bicyclic) bond motifs is 2. The molecule has 1 amide bonds. The number of hydrogen-bond donors (Lipinski definition) is 2. The fourth-order valence-electron chi connectivity index (χ4n) is 4.39. The summed E-state index contributed by atoms with van der Waals surface area (Å²) in [6.07, 6.45) is 2.09. The van der Waals surface area contributed by atoms with Gasteiger partial charge in [-0.05, 0) is 24.7 Å². The van der Waals surface area contributed by atoms with Crippen molar-refractivity contribution in [3.63, 3.8) is 0 Å². The van der Waals surface area contributed by atoms with Crippen LogP contribution in [0.1, 0.15) is 40.0 Å². The van der Waals surface area contributed by atoms with Crippen molar-refractivity contribution in [1.29, 1.82) is 0 Å². The van der Waals surface area contributed by atoms with E-state index in [4.69, 9.17) is 11.6 Å². The van der Waals surface area contributed by atoms with Gasteiger partial charge in [0.2, 0.25) is 0 Å². The van der Waals surface area contributed by atoms with E-state index >= 15 is 4.39 Å². The quantitative estimate of drug-likeness (QED) is 0.846. The monoisotopic (exact) mass is 356 g/mol. The molecule has 3 heterocycles. The van der Waals surface area contributed by atoms with Gasteiger partial charge in [-0.3, -0.25) is 4.90 Å². The summed E-state index contributed by atoms with van der Waals surface area (Å²) in [5.74, 6) is 0.444. The summed E-state index contributed by atoms with van der Waals surface area (Å²) in [5, 5.41) is 13.0. The summed E-state index contributed by atoms with van der Waals surface area (Å²) in [6, 6.07) is -0.700. The molecule has 24 heavy (non-hydrogen) atoms. The van der Waals surface area contributed by atoms with Crippen LogP contribution < -0.4 is 5.32 Å². The summed E-state index contributed by atoms with van der Waals surface area (Å²) in [4.78, 5) is 21.2. The number of nitrogens with one attached hydrogen (secondary N) is 1. The zero-order valence-electron chi connectivity index (χ0n) is 14.0. The Hall–Kier alpha value is -1.63. The summed E-state index contributed by atoms with van der Waals surface area (Å²) >= 11 is 5.73. The standard InChI is InChI=1S/C16H22ClFN4O2/c1-15(2,3)16-5-4-9(22(16)14(23)24)6-10(13(16)18)21-12-8-19-11(17)7-20-12/h7-10,13H,4-6H2,1-3H3,(H,20,21)(H,23,24)/t9-,10-,13-,16-/m1/s1. The molecule has 2 aliphatic rings. The van der Waals surface area contributed by atoms with E-state index in [2.05, 4.69) is 15.3 Å². The number of amides is 1. The van der Waals surface area contributed by atoms with E-state index in [0.29, 0.717) is 25.1 Å². The van der Waals surface area contributed by atoms with Gasteiger partial charge in [-0.15, -0.1) is 0 Å². The molecule has 1 aromatic rings. The minimum atomic E-state index is -1.34. The Morgan fingerprint density at radius 2 is 2.17 bits per heavy atom. The van der Waals surface area contributed by atoms with Crippen LogP contribution in [0.15, 0.2) is 12.4 Å². The molecule has 2 aliphatic heterocycles. The molecule has 6 nitrogen and oxygen atoms in total. The highest BCUT2D eigenvalue weighted by Crippen LogP contribution is 2.54. The van der Waals surface area contributed by atoms with E-state index in [9.17, 15) is 9.90 Å². The summed E-state index contributed by atoms with van der Waals surface area (Å²) in [7, 11) is 0. The molecule has 2 bridgehead atoms. The topological polar surface area (TPSA) is 78.4 Å². The van der Waals surface area contributed by atoms with Crippen molar-refractivity contribution in [2.45, 2.75) is 63.8 Å². The van der Waals surface area contributed by atoms with Crippen LogP contribution in [0.3, 0.4) is 0 Å². The van der Waals surface area contributed by atoms with Crippen LogP contribution in [0.2, 0.25) is 5.15 Å². The average Bonchev–Trinajstić information content (AvgIpc) is 2.82. The first-order valence-electron chi connectivity index (χ1n) is 8.07. The lowest BCUT2D eigenvalue weighted by molar-refractivity contribution is -0.0719. The first kappa shape index (κ1) is 17.2. The first-order chi connectivity index (χ1) is 11.2. The predicted octanol–water partition coefficient (Wildman–Crippen LogP) is 3.58. The number of anilines is 1. The molecule has 3 rings (SSSR count). The Labute approximate surface area is 145 Å². The lowest BCUT2D eigenvalue weighted by Gasteiger charge is -2.55. The number of carboxylic acid groups (broad SMARTS) is 1. The minimum Gasteiger partial charge on any atom is -0.465 e. The second-order valence-electron chi connectivity index (χ2n) is 7.63. The lowest BCUT2D eigenvalue weighted by Crippen LogP contribution is -2.69. The van der Waals surface area contributed by atoms with Crippen LogP contribution in [0.25, 0.3) is 0 Å². The van der Waals surface area contributed by atoms with Crippen LogP contribution in [-0.2, 0) is 0 Å². The highest BCUT2D eigenvalue weighted by molar-refractivity contribution is 6.29. The largest absolute Gasteiger partial charge is 0.465 e. The third-order valence-electron chi connectivity index (χ3n) is 5.45. The maximum atomic E-state index is 15.6. The van der Waals surface area contributed by atoms with Crippen LogP contribution in [0, 0.1) is 5.41 Å². The number of rotatable bonds is 2. The third kappa shape index (κ3) is 2.49. The summed E-state index contributed by atoms with van der Waals surface area (Å²) < 4.78 is 15.6. The second kappa shape index (κ2) is 5.72. The summed E-state index contributed by atoms with van der Waals surface area (Å²) in [6.45, 7) is 5.72. The van der Waals surface area contributed by atoms with E-state index in [1.165, 1.54) is 17.3 Å². The predicted molar refractivity (Wildman–Crippen MR) is 89.0 cm³/mol. The van der Waals surface area contributed by atoms with Gasteiger partial charge >= 0.3 is 6.09 Å². The van der Waals surface area contributed by atoms with Crippen molar-refractivity contribution in [2.24, 2.45) is 5.41 Å². The molecule has 0 saturated carbocycles. The van der Waals surface area contributed by atoms with Crippen LogP contribution >= 0.6 is 11.6 Å². The van der Waals surface area contributed by atoms with Gasteiger partial charge in [0.1, 0.15) is 17.1 Å². The van der Waals surface area contributed by atoms with Gasteiger partial charge in [0.25, 0.3) is 0 Å². The van der Waals surface area contributed by atoms with Crippen molar-refractivity contribution in [1.82, 2.24) is 14.9 Å². The molecule has 0 aromatic carbocycles. The van der Waals surface area contributed by atoms with Crippen LogP contribution in [-0.4, -0.2) is 49.9 Å². The molecule has 4 atom stereocenters. The molecule has 0 radical (unpaired) electrons. The molecule has 2 fully saturated rings. The maximum absolute atomic E-state index is 15.6. The van der Waals surface area contributed by atoms with Gasteiger partial charge < -0.3 is 10.4 Å². The fourth-order valence-corrected chi connectivity index (χ4v) is 4.48. The van der Waals surface area contributed by atoms with Crippen molar-refractivity contribution >= 4 is 23.5 Å². The third-order valence-corrected chi connectivity index (χ3v) is 5.64. The number of hydrogen-bond acceptors (Lipinski definition) is 4. The number of nitrogens with zero attached hydrogens (tertiary/aromatic N) is 3. The van der Waals surface area contributed by atoms with Crippen molar-refractivity contribution in [3.8, 4) is 0 Å². The molecular formula is C16H22ClFN4O2. The van der Waals surface area contributed by atoms with E-state index in [-0.39, 0.29) is 11.2 Å². The normalized spacial score (nSPS) is 32.7. The van der Waals surface area contributed by atoms with E-state index in [1.54, 1.807) is 0 Å². The van der Waals surface area contributed by atoms with Gasteiger partial charge in [-0.25, -0.2) is 19.2 Å². The van der Waals surface area contributed by atoms with E-state index < -0.39 is 29.3 Å². The molecule has 2 N–H and O–H groups in total. The minimum absolute atomic E-state index is 0.188. The SMILES string of the molecule is CC(C)(C)[C@@]12CC[C@H](C[C@@H](Nc3cnc(Cl)cn3)[C@H]1F)N2C(=O)O. The molecule has 2 saturated heterocycles. The molecule has 132 valence electrons. The second-order valence-corrected chi connectivity index (χ2v) is 8.02. The number of piperidine rings is 1. The van der Waals surface area contributed by atoms with Crippen molar-refractivity contribution in [3.05, 3.63) is 17.5 Å². The van der Waals surface area contributed by atoms with Gasteiger partial charge in [0, 0.05) is 6.04 Å². The van der Waals surface area contributed by atoms with Crippen molar-refractivity contribution in [2.75, 3.05) is 5.32 Å². The molecular weight excluding hydrogens is 335 g/mol. The fraction of sp³-hybridized carbons (Fsp3) is 0.688. The van der Waals surface area contributed by atoms with Crippen LogP contribution in [0.4, 0.5) is 15.0 Å². The Morgan fingerprint density at radius 1 is 1.46 bits per heavy atom. The lowest BCUT2D eigenvalue weighted by atomic mass is 9.66. The highest BCUT2D eigenvalue weighted by Gasteiger charge is 2.65. The van der Waals surface area contributed by atoms with Crippen LogP contribution in [0.5, 0.6) is 0 Å². The van der Waals surface area contributed by atoms with Crippen molar-refractivity contribution < 1.29 is 14.3 Å². The molecule has 8 heteroatoms. The van der Waals surface area contributed by atoms with Gasteiger partial charge in [-0.1, -0.05) is 32.4 Å². The molecule has 0 aliphatic carbocycles. The maximum Gasteiger partial charge on any atom is 0.408 e. The van der Waals surface area contributed by atoms with E-state index in [1.807, 2.05) is 20.8 Å². The number of halogens is 2. The Morgan fingerprint density at radius 3 is 2.71 bits per heavy atom. The molecule has 0 spiro atoms.